The second-order valence-corrected chi connectivity index (χ2v) is 1.41. The maximum atomic E-state index is 9.94. The molecule has 1 N–H and O–H groups in total. The van der Waals surface area contributed by atoms with Crippen LogP contribution in [0.5, 0.6) is 0 Å². The number of nitrogens with zero attached hydrogens (tertiary/aromatic N) is 6. The molecule has 56 valence electrons. The zero-order valence-corrected chi connectivity index (χ0v) is 5.00. The summed E-state index contributed by atoms with van der Waals surface area (Å²) in [5.74, 6) is -0.841. The third-order valence-electron chi connectivity index (χ3n) is 0.765. The standard InChI is InChI=1S/C2HN7O2/c3-8-6-1-4-2(7-5-1)9(10)11/h(H,4,5,7). The van der Waals surface area contributed by atoms with Gasteiger partial charge < -0.3 is 10.1 Å². The van der Waals surface area contributed by atoms with Crippen molar-refractivity contribution in [2.24, 2.45) is 5.11 Å². The number of aromatic nitrogens is 3. The average molecular weight is 155 g/mol. The minimum absolute atomic E-state index is 0.223. The maximum absolute atomic E-state index is 9.94. The molecule has 0 unspecified atom stereocenters. The smallest absolute Gasteiger partial charge is 0.390 e. The first-order valence-corrected chi connectivity index (χ1v) is 2.36. The Bertz CT molecular complexity index is 304. The van der Waals surface area contributed by atoms with Crippen LogP contribution in [-0.4, -0.2) is 20.1 Å². The van der Waals surface area contributed by atoms with E-state index in [0.717, 1.165) is 0 Å². The summed E-state index contributed by atoms with van der Waals surface area (Å²) in [6, 6.07) is 0. The van der Waals surface area contributed by atoms with Crippen LogP contribution < -0.4 is 0 Å². The van der Waals surface area contributed by atoms with Crippen molar-refractivity contribution in [2.75, 3.05) is 0 Å². The van der Waals surface area contributed by atoms with Gasteiger partial charge in [-0.3, -0.25) is 0 Å². The number of azide groups is 1. The van der Waals surface area contributed by atoms with Gasteiger partial charge in [0.25, 0.3) is 0 Å². The number of aromatic amines is 1. The van der Waals surface area contributed by atoms with E-state index in [1.807, 2.05) is 0 Å². The number of nitro groups is 1. The normalized spacial score (nSPS) is 8.73. The van der Waals surface area contributed by atoms with Gasteiger partial charge in [-0.1, -0.05) is 0 Å². The van der Waals surface area contributed by atoms with Gasteiger partial charge >= 0.3 is 11.9 Å². The lowest BCUT2D eigenvalue weighted by Crippen LogP contribution is -1.88. The predicted octanol–water partition coefficient (Wildman–Crippen LogP) is 0.655. The van der Waals surface area contributed by atoms with Gasteiger partial charge in [0.2, 0.25) is 0 Å². The van der Waals surface area contributed by atoms with E-state index >= 15 is 0 Å². The van der Waals surface area contributed by atoms with E-state index in [4.69, 9.17) is 5.53 Å². The minimum atomic E-state index is -0.799. The average Bonchev–Trinajstić information content (AvgIpc) is 2.37. The van der Waals surface area contributed by atoms with Crippen molar-refractivity contribution in [2.45, 2.75) is 0 Å². The van der Waals surface area contributed by atoms with Crippen LogP contribution in [0.4, 0.5) is 11.9 Å². The van der Waals surface area contributed by atoms with Gasteiger partial charge in [0.05, 0.1) is 0 Å². The lowest BCUT2D eigenvalue weighted by Gasteiger charge is -1.81. The molecule has 0 atom stereocenters. The highest BCUT2D eigenvalue weighted by molar-refractivity contribution is 5.17. The van der Waals surface area contributed by atoms with Crippen LogP contribution in [0.3, 0.4) is 0 Å². The molecule has 1 rings (SSSR count). The fraction of sp³-hybridized carbons (Fsp3) is 0. The molecule has 1 aromatic heterocycles. The minimum Gasteiger partial charge on any atom is -0.390 e. The molecule has 0 radical (unpaired) electrons. The number of hydrogen-bond donors (Lipinski definition) is 1. The van der Waals surface area contributed by atoms with E-state index in [1.54, 1.807) is 0 Å². The highest BCUT2D eigenvalue weighted by Crippen LogP contribution is 2.07. The van der Waals surface area contributed by atoms with E-state index in [2.05, 4.69) is 25.2 Å². The summed E-state index contributed by atoms with van der Waals surface area (Å²) in [4.78, 5) is 14.7. The molecule has 0 aliphatic carbocycles. The number of H-pyrrole nitrogens is 1. The van der Waals surface area contributed by atoms with E-state index in [-0.39, 0.29) is 5.95 Å². The number of nitrogens with one attached hydrogen (secondary N) is 1. The van der Waals surface area contributed by atoms with Crippen molar-refractivity contribution in [3.63, 3.8) is 0 Å². The van der Waals surface area contributed by atoms with Crippen LogP contribution in [0, 0.1) is 10.1 Å². The maximum Gasteiger partial charge on any atom is 0.491 e. The predicted molar refractivity (Wildman–Crippen MR) is 31.8 cm³/mol. The third-order valence-corrected chi connectivity index (χ3v) is 0.765. The van der Waals surface area contributed by atoms with Gasteiger partial charge in [-0.05, 0) is 20.6 Å². The van der Waals surface area contributed by atoms with Crippen LogP contribution in [-0.2, 0) is 0 Å². The Morgan fingerprint density at radius 3 is 3.00 bits per heavy atom. The third kappa shape index (κ3) is 1.40. The van der Waals surface area contributed by atoms with Crippen LogP contribution in [0.2, 0.25) is 0 Å². The molecule has 9 nitrogen and oxygen atoms in total. The van der Waals surface area contributed by atoms with Gasteiger partial charge in [0.1, 0.15) is 0 Å². The van der Waals surface area contributed by atoms with Crippen LogP contribution >= 0.6 is 0 Å². The highest BCUT2D eigenvalue weighted by atomic mass is 16.6. The largest absolute Gasteiger partial charge is 0.491 e. The van der Waals surface area contributed by atoms with E-state index in [9.17, 15) is 10.1 Å². The Morgan fingerprint density at radius 1 is 1.82 bits per heavy atom. The van der Waals surface area contributed by atoms with Gasteiger partial charge in [-0.25, -0.2) is 0 Å². The van der Waals surface area contributed by atoms with Crippen molar-refractivity contribution >= 4 is 11.9 Å². The molecule has 1 heterocycles. The van der Waals surface area contributed by atoms with Gasteiger partial charge in [-0.15, -0.1) is 0 Å². The SMILES string of the molecule is [N-]=[N+]=Nc1nc([N+](=O)[O-])n[nH]1. The number of hydrogen-bond acceptors (Lipinski definition) is 5. The molecule has 0 bridgehead atoms. The van der Waals surface area contributed by atoms with Crippen LogP contribution in [0.1, 0.15) is 0 Å². The Morgan fingerprint density at radius 2 is 2.55 bits per heavy atom. The number of rotatable bonds is 2. The van der Waals surface area contributed by atoms with Gasteiger partial charge in [-0.2, -0.15) is 5.10 Å². The quantitative estimate of drug-likeness (QED) is 0.220. The molecule has 0 fully saturated rings. The zero-order chi connectivity index (χ0) is 8.27. The fourth-order valence-corrected chi connectivity index (χ4v) is 0.413. The lowest BCUT2D eigenvalue weighted by atomic mass is 11.0. The first kappa shape index (κ1) is 6.96. The lowest BCUT2D eigenvalue weighted by molar-refractivity contribution is -0.394. The first-order valence-electron chi connectivity index (χ1n) is 2.36. The second-order valence-electron chi connectivity index (χ2n) is 1.41. The van der Waals surface area contributed by atoms with Crippen molar-refractivity contribution in [1.82, 2.24) is 15.2 Å². The Balaban J connectivity index is 2.99. The summed E-state index contributed by atoms with van der Waals surface area (Å²) in [5.41, 5.74) is 7.87. The fourth-order valence-electron chi connectivity index (χ4n) is 0.413. The van der Waals surface area contributed by atoms with Crippen molar-refractivity contribution in [1.29, 1.82) is 0 Å². The monoisotopic (exact) mass is 155 g/mol. The molecule has 0 aromatic carbocycles. The molecule has 0 saturated heterocycles. The van der Waals surface area contributed by atoms with Crippen LogP contribution in [0.25, 0.3) is 10.4 Å². The Hall–Kier alpha value is -2.15. The summed E-state index contributed by atoms with van der Waals surface area (Å²) in [6.07, 6.45) is 0. The molecule has 0 saturated carbocycles. The zero-order valence-electron chi connectivity index (χ0n) is 5.00. The van der Waals surface area contributed by atoms with Crippen molar-refractivity contribution in [3.8, 4) is 0 Å². The first-order chi connectivity index (χ1) is 5.24. The summed E-state index contributed by atoms with van der Waals surface area (Å²) < 4.78 is 0. The topological polar surface area (TPSA) is 133 Å². The van der Waals surface area contributed by atoms with E-state index in [1.165, 1.54) is 0 Å². The summed E-state index contributed by atoms with van der Waals surface area (Å²) in [7, 11) is 0. The molecule has 9 heteroatoms. The summed E-state index contributed by atoms with van der Waals surface area (Å²) >= 11 is 0. The molecule has 0 amide bonds. The summed E-state index contributed by atoms with van der Waals surface area (Å²) in [5, 5.41) is 18.1. The molecular weight excluding hydrogens is 154 g/mol. The van der Waals surface area contributed by atoms with Crippen molar-refractivity contribution < 1.29 is 4.92 Å². The van der Waals surface area contributed by atoms with Crippen LogP contribution in [0.15, 0.2) is 5.11 Å². The highest BCUT2D eigenvalue weighted by Gasteiger charge is 2.12. The van der Waals surface area contributed by atoms with Crippen molar-refractivity contribution in [3.05, 3.63) is 20.6 Å². The molecule has 0 spiro atoms. The van der Waals surface area contributed by atoms with E-state index < -0.39 is 10.9 Å². The molecule has 11 heavy (non-hydrogen) atoms. The van der Waals surface area contributed by atoms with Gasteiger partial charge in [0.15, 0.2) is 0 Å². The second kappa shape index (κ2) is 2.62. The molecule has 0 aliphatic rings. The molecule has 0 aliphatic heterocycles. The molecular formula is C2HN7O2. The van der Waals surface area contributed by atoms with Gasteiger partial charge in [0, 0.05) is 10.0 Å². The molecule has 1 aromatic rings. The Labute approximate surface area is 58.8 Å². The summed E-state index contributed by atoms with van der Waals surface area (Å²) in [6.45, 7) is 0. The Kier molecular flexibility index (Phi) is 1.66. The van der Waals surface area contributed by atoms with E-state index in [0.29, 0.717) is 0 Å².